The monoisotopic (exact) mass is 327 g/mol. The van der Waals surface area contributed by atoms with Crippen LogP contribution in [0, 0.1) is 13.8 Å². The lowest BCUT2D eigenvalue weighted by atomic mass is 9.83. The van der Waals surface area contributed by atoms with Crippen LogP contribution in [0.25, 0.3) is 0 Å². The number of benzene rings is 1. The molecule has 0 radical (unpaired) electrons. The number of hydrogen-bond donors (Lipinski definition) is 1. The molecule has 1 aliphatic carbocycles. The molecule has 0 aliphatic heterocycles. The number of nitrogens with one attached hydrogen (secondary N) is 1. The molecule has 1 N–H and O–H groups in total. The summed E-state index contributed by atoms with van der Waals surface area (Å²) in [4.78, 5) is 24.9. The number of hydrogen-bond acceptors (Lipinski definition) is 4. The predicted molar refractivity (Wildman–Crippen MR) is 92.0 cm³/mol. The molecule has 0 atom stereocenters. The number of carbonyl (C=O) groups is 1. The fourth-order valence-electron chi connectivity index (χ4n) is 2.85. The Labute approximate surface area is 140 Å². The molecular formula is C19H21NO4. The summed E-state index contributed by atoms with van der Waals surface area (Å²) < 4.78 is 10.6. The first kappa shape index (κ1) is 16.3. The van der Waals surface area contributed by atoms with Crippen molar-refractivity contribution in [2.24, 2.45) is 0 Å². The minimum atomic E-state index is -0.574. The van der Waals surface area contributed by atoms with Gasteiger partial charge in [0.15, 0.2) is 0 Å². The smallest absolute Gasteiger partial charge is 0.349 e. The Kier molecular flexibility index (Phi) is 4.42. The molecule has 0 saturated heterocycles. The molecule has 2 aromatic rings. The normalized spacial score (nSPS) is 14.1. The van der Waals surface area contributed by atoms with Crippen molar-refractivity contribution in [3.63, 3.8) is 0 Å². The van der Waals surface area contributed by atoms with E-state index in [0.29, 0.717) is 28.7 Å². The minimum absolute atomic E-state index is 0.0558. The van der Waals surface area contributed by atoms with Gasteiger partial charge in [0, 0.05) is 17.7 Å². The van der Waals surface area contributed by atoms with E-state index in [2.05, 4.69) is 5.32 Å². The molecule has 0 bridgehead atoms. The van der Waals surface area contributed by atoms with Crippen LogP contribution in [-0.4, -0.2) is 13.0 Å². The Morgan fingerprint density at radius 2 is 1.96 bits per heavy atom. The molecule has 1 saturated carbocycles. The van der Waals surface area contributed by atoms with Crippen LogP contribution < -0.4 is 15.7 Å². The molecular weight excluding hydrogens is 306 g/mol. The molecule has 126 valence electrons. The SMILES string of the molecule is COc1ccc(C)c(NC(=O)c2c(C)cc(C3CCC3)oc2=O)c1. The van der Waals surface area contributed by atoms with Gasteiger partial charge in [-0.25, -0.2) is 4.79 Å². The van der Waals surface area contributed by atoms with E-state index in [1.807, 2.05) is 25.1 Å². The van der Waals surface area contributed by atoms with E-state index in [0.717, 1.165) is 24.8 Å². The Bertz CT molecular complexity index is 834. The van der Waals surface area contributed by atoms with E-state index < -0.39 is 11.5 Å². The van der Waals surface area contributed by atoms with E-state index in [-0.39, 0.29) is 5.56 Å². The van der Waals surface area contributed by atoms with Gasteiger partial charge in [-0.15, -0.1) is 0 Å². The second kappa shape index (κ2) is 6.51. The fourth-order valence-corrected chi connectivity index (χ4v) is 2.85. The van der Waals surface area contributed by atoms with Gasteiger partial charge < -0.3 is 14.5 Å². The highest BCUT2D eigenvalue weighted by Crippen LogP contribution is 2.36. The zero-order valence-electron chi connectivity index (χ0n) is 14.1. The van der Waals surface area contributed by atoms with Crippen molar-refractivity contribution in [3.05, 3.63) is 57.1 Å². The molecule has 24 heavy (non-hydrogen) atoms. The van der Waals surface area contributed by atoms with Gasteiger partial charge in [-0.05, 0) is 49.9 Å². The zero-order chi connectivity index (χ0) is 17.3. The van der Waals surface area contributed by atoms with Gasteiger partial charge in [-0.1, -0.05) is 12.5 Å². The van der Waals surface area contributed by atoms with E-state index in [1.54, 1.807) is 20.1 Å². The van der Waals surface area contributed by atoms with Crippen LogP contribution in [0.3, 0.4) is 0 Å². The standard InChI is InChI=1S/C19H21NO4/c1-11-7-8-14(23-3)10-15(11)20-18(21)17-12(2)9-16(24-19(17)22)13-5-4-6-13/h7-10,13H,4-6H2,1-3H3,(H,20,21). The highest BCUT2D eigenvalue weighted by Gasteiger charge is 2.25. The zero-order valence-corrected chi connectivity index (χ0v) is 14.1. The number of aryl methyl sites for hydroxylation is 2. The van der Waals surface area contributed by atoms with Crippen LogP contribution >= 0.6 is 0 Å². The maximum absolute atomic E-state index is 12.6. The molecule has 1 heterocycles. The summed E-state index contributed by atoms with van der Waals surface area (Å²) >= 11 is 0. The summed E-state index contributed by atoms with van der Waals surface area (Å²) in [6.07, 6.45) is 3.23. The number of methoxy groups -OCH3 is 1. The van der Waals surface area contributed by atoms with Crippen molar-refractivity contribution in [1.29, 1.82) is 0 Å². The van der Waals surface area contributed by atoms with Crippen LogP contribution in [0.4, 0.5) is 5.69 Å². The third-order valence-corrected chi connectivity index (χ3v) is 4.60. The molecule has 1 aromatic carbocycles. The molecule has 1 amide bonds. The van der Waals surface area contributed by atoms with Gasteiger partial charge in [0.05, 0.1) is 7.11 Å². The summed E-state index contributed by atoms with van der Waals surface area (Å²) in [5, 5.41) is 2.78. The fraction of sp³-hybridized carbons (Fsp3) is 0.368. The van der Waals surface area contributed by atoms with E-state index in [9.17, 15) is 9.59 Å². The van der Waals surface area contributed by atoms with Gasteiger partial charge >= 0.3 is 5.63 Å². The van der Waals surface area contributed by atoms with E-state index in [4.69, 9.17) is 9.15 Å². The highest BCUT2D eigenvalue weighted by atomic mass is 16.5. The lowest BCUT2D eigenvalue weighted by molar-refractivity contribution is 0.102. The molecule has 3 rings (SSSR count). The average molecular weight is 327 g/mol. The number of ether oxygens (including phenoxy) is 1. The van der Waals surface area contributed by atoms with Crippen molar-refractivity contribution in [2.75, 3.05) is 12.4 Å². The largest absolute Gasteiger partial charge is 0.497 e. The maximum atomic E-state index is 12.6. The Morgan fingerprint density at radius 1 is 1.21 bits per heavy atom. The molecule has 5 nitrogen and oxygen atoms in total. The second-order valence-corrected chi connectivity index (χ2v) is 6.26. The van der Waals surface area contributed by atoms with Crippen molar-refractivity contribution in [1.82, 2.24) is 0 Å². The molecule has 1 aromatic heterocycles. The number of rotatable bonds is 4. The highest BCUT2D eigenvalue weighted by molar-refractivity contribution is 6.05. The molecule has 0 unspecified atom stereocenters. The van der Waals surface area contributed by atoms with Crippen molar-refractivity contribution in [3.8, 4) is 5.75 Å². The second-order valence-electron chi connectivity index (χ2n) is 6.26. The molecule has 0 spiro atoms. The van der Waals surface area contributed by atoms with Crippen LogP contribution in [0.2, 0.25) is 0 Å². The molecule has 1 aliphatic rings. The summed E-state index contributed by atoms with van der Waals surface area (Å²) in [5.41, 5.74) is 1.62. The summed E-state index contributed by atoms with van der Waals surface area (Å²) in [6, 6.07) is 7.22. The summed E-state index contributed by atoms with van der Waals surface area (Å²) in [6.45, 7) is 3.65. The quantitative estimate of drug-likeness (QED) is 0.928. The van der Waals surface area contributed by atoms with Gasteiger partial charge in [-0.3, -0.25) is 4.79 Å². The van der Waals surface area contributed by atoms with E-state index in [1.165, 1.54) is 0 Å². The first-order chi connectivity index (χ1) is 11.5. The number of amides is 1. The Morgan fingerprint density at radius 3 is 2.54 bits per heavy atom. The van der Waals surface area contributed by atoms with E-state index >= 15 is 0 Å². The van der Waals surface area contributed by atoms with Crippen LogP contribution in [0.1, 0.15) is 52.4 Å². The predicted octanol–water partition coefficient (Wildman–Crippen LogP) is 3.79. The average Bonchev–Trinajstić information content (AvgIpc) is 2.47. The van der Waals surface area contributed by atoms with Crippen LogP contribution in [-0.2, 0) is 0 Å². The topological polar surface area (TPSA) is 68.5 Å². The first-order valence-electron chi connectivity index (χ1n) is 8.10. The minimum Gasteiger partial charge on any atom is -0.497 e. The number of carbonyl (C=O) groups excluding carboxylic acids is 1. The Hall–Kier alpha value is -2.56. The first-order valence-corrected chi connectivity index (χ1v) is 8.10. The number of anilines is 1. The lowest BCUT2D eigenvalue weighted by Crippen LogP contribution is -2.24. The Balaban J connectivity index is 1.89. The third-order valence-electron chi connectivity index (χ3n) is 4.60. The maximum Gasteiger partial charge on any atom is 0.349 e. The van der Waals surface area contributed by atoms with Crippen molar-refractivity contribution < 1.29 is 13.9 Å². The van der Waals surface area contributed by atoms with Crippen molar-refractivity contribution >= 4 is 11.6 Å². The van der Waals surface area contributed by atoms with Crippen LogP contribution in [0.5, 0.6) is 5.75 Å². The third kappa shape index (κ3) is 3.07. The lowest BCUT2D eigenvalue weighted by Gasteiger charge is -2.24. The van der Waals surface area contributed by atoms with Gasteiger partial charge in [0.2, 0.25) is 0 Å². The summed E-state index contributed by atoms with van der Waals surface area (Å²) in [5.74, 6) is 1.18. The van der Waals surface area contributed by atoms with Crippen molar-refractivity contribution in [2.45, 2.75) is 39.0 Å². The van der Waals surface area contributed by atoms with Gasteiger partial charge in [-0.2, -0.15) is 0 Å². The van der Waals surface area contributed by atoms with Crippen LogP contribution in [0.15, 0.2) is 33.5 Å². The summed E-state index contributed by atoms with van der Waals surface area (Å²) in [7, 11) is 1.56. The molecule has 1 fully saturated rings. The van der Waals surface area contributed by atoms with Gasteiger partial charge in [0.1, 0.15) is 17.1 Å². The molecule has 5 heteroatoms. The van der Waals surface area contributed by atoms with Gasteiger partial charge in [0.25, 0.3) is 5.91 Å².